The molecule has 98 valence electrons. The van der Waals surface area contributed by atoms with Crippen LogP contribution >= 0.6 is 0 Å². The van der Waals surface area contributed by atoms with Gasteiger partial charge in [-0.1, -0.05) is 27.7 Å². The van der Waals surface area contributed by atoms with Crippen molar-refractivity contribution in [2.75, 3.05) is 13.2 Å². The van der Waals surface area contributed by atoms with Gasteiger partial charge in [-0.3, -0.25) is 4.68 Å². The Kier molecular flexibility index (Phi) is 5.00. The van der Waals surface area contributed by atoms with Crippen LogP contribution in [0.5, 0.6) is 5.75 Å². The summed E-state index contributed by atoms with van der Waals surface area (Å²) in [6.07, 6.45) is 3.71. The molecule has 1 aromatic rings. The molecule has 0 unspecified atom stereocenters. The van der Waals surface area contributed by atoms with Gasteiger partial charge < -0.3 is 10.1 Å². The lowest BCUT2D eigenvalue weighted by atomic mass is 9.94. The molecule has 17 heavy (non-hydrogen) atoms. The zero-order chi connectivity index (χ0) is 12.9. The molecule has 0 spiro atoms. The fourth-order valence-corrected chi connectivity index (χ4v) is 1.40. The molecule has 0 bridgehead atoms. The number of aromatic nitrogens is 2. The summed E-state index contributed by atoms with van der Waals surface area (Å²) in [5, 5.41) is 7.62. The minimum absolute atomic E-state index is 0.124. The highest BCUT2D eigenvalue weighted by Crippen LogP contribution is 2.17. The van der Waals surface area contributed by atoms with E-state index >= 15 is 0 Å². The van der Waals surface area contributed by atoms with Crippen LogP contribution in [0.25, 0.3) is 0 Å². The highest BCUT2D eigenvalue weighted by atomic mass is 16.5. The number of rotatable bonds is 7. The third-order valence-electron chi connectivity index (χ3n) is 2.55. The average Bonchev–Trinajstić information content (AvgIpc) is 2.72. The van der Waals surface area contributed by atoms with Gasteiger partial charge in [0.25, 0.3) is 0 Å². The molecule has 0 aliphatic rings. The first kappa shape index (κ1) is 14.0. The summed E-state index contributed by atoms with van der Waals surface area (Å²) in [4.78, 5) is 0. The van der Waals surface area contributed by atoms with Crippen LogP contribution in [0.1, 0.15) is 34.6 Å². The smallest absolute Gasteiger partial charge is 0.157 e. The first-order valence-electron chi connectivity index (χ1n) is 6.31. The Labute approximate surface area is 104 Å². The summed E-state index contributed by atoms with van der Waals surface area (Å²) >= 11 is 0. The van der Waals surface area contributed by atoms with Crippen molar-refractivity contribution in [3.63, 3.8) is 0 Å². The van der Waals surface area contributed by atoms with E-state index in [9.17, 15) is 0 Å². The second kappa shape index (κ2) is 6.05. The summed E-state index contributed by atoms with van der Waals surface area (Å²) in [6, 6.07) is 0.511. The van der Waals surface area contributed by atoms with E-state index in [4.69, 9.17) is 4.74 Å². The van der Waals surface area contributed by atoms with Crippen molar-refractivity contribution >= 4 is 0 Å². The number of nitrogens with zero attached hydrogens (tertiary/aromatic N) is 2. The predicted molar refractivity (Wildman–Crippen MR) is 70.3 cm³/mol. The fourth-order valence-electron chi connectivity index (χ4n) is 1.40. The predicted octanol–water partition coefficient (Wildman–Crippen LogP) is 2.31. The number of hydrogen-bond acceptors (Lipinski definition) is 3. The minimum atomic E-state index is 0.124. The first-order valence-corrected chi connectivity index (χ1v) is 6.31. The molecule has 1 heterocycles. The molecule has 1 N–H and O–H groups in total. The van der Waals surface area contributed by atoms with Crippen molar-refractivity contribution in [1.82, 2.24) is 15.1 Å². The number of hydrogen-bond donors (Lipinski definition) is 1. The van der Waals surface area contributed by atoms with E-state index in [1.807, 2.05) is 10.9 Å². The van der Waals surface area contributed by atoms with Gasteiger partial charge in [0.15, 0.2) is 5.75 Å². The second-order valence-electron chi connectivity index (χ2n) is 5.52. The lowest BCUT2D eigenvalue weighted by Crippen LogP contribution is -2.37. The van der Waals surface area contributed by atoms with Gasteiger partial charge in [-0.25, -0.2) is 0 Å². The Morgan fingerprint density at radius 3 is 2.71 bits per heavy atom. The Morgan fingerprint density at radius 2 is 2.18 bits per heavy atom. The Balaban J connectivity index is 2.37. The lowest BCUT2D eigenvalue weighted by Gasteiger charge is -2.26. The standard InChI is InChI=1S/C13H25N3O/c1-6-16-8-12(7-15-16)17-10-13(4,5)9-14-11(2)3/h7-8,11,14H,6,9-10H2,1-5H3. The van der Waals surface area contributed by atoms with Crippen LogP contribution in [0.15, 0.2) is 12.4 Å². The SMILES string of the molecule is CCn1cc(OCC(C)(C)CNC(C)C)cn1. The van der Waals surface area contributed by atoms with E-state index in [1.54, 1.807) is 6.20 Å². The monoisotopic (exact) mass is 239 g/mol. The van der Waals surface area contributed by atoms with Gasteiger partial charge in [0.05, 0.1) is 19.0 Å². The Morgan fingerprint density at radius 1 is 1.47 bits per heavy atom. The van der Waals surface area contributed by atoms with Crippen LogP contribution in [-0.2, 0) is 6.54 Å². The molecule has 4 heteroatoms. The van der Waals surface area contributed by atoms with E-state index < -0.39 is 0 Å². The zero-order valence-corrected chi connectivity index (χ0v) is 11.7. The van der Waals surface area contributed by atoms with E-state index in [2.05, 4.69) is 45.0 Å². The van der Waals surface area contributed by atoms with Gasteiger partial charge in [0.1, 0.15) is 0 Å². The normalized spacial score (nSPS) is 12.1. The van der Waals surface area contributed by atoms with Crippen LogP contribution in [0.4, 0.5) is 0 Å². The molecule has 0 aliphatic heterocycles. The highest BCUT2D eigenvalue weighted by molar-refractivity contribution is 5.11. The average molecular weight is 239 g/mol. The maximum Gasteiger partial charge on any atom is 0.157 e. The summed E-state index contributed by atoms with van der Waals surface area (Å²) in [6.45, 7) is 13.3. The summed E-state index contributed by atoms with van der Waals surface area (Å²) in [7, 11) is 0. The minimum Gasteiger partial charge on any atom is -0.490 e. The molecule has 0 aromatic carbocycles. The molecule has 0 saturated heterocycles. The van der Waals surface area contributed by atoms with Crippen LogP contribution < -0.4 is 10.1 Å². The maximum atomic E-state index is 5.76. The van der Waals surface area contributed by atoms with Gasteiger partial charge in [-0.05, 0) is 6.92 Å². The molecule has 0 atom stereocenters. The molecule has 0 saturated carbocycles. The Bertz CT molecular complexity index is 331. The summed E-state index contributed by atoms with van der Waals surface area (Å²) in [5.41, 5.74) is 0.124. The maximum absolute atomic E-state index is 5.76. The lowest BCUT2D eigenvalue weighted by molar-refractivity contribution is 0.173. The van der Waals surface area contributed by atoms with E-state index in [1.165, 1.54) is 0 Å². The van der Waals surface area contributed by atoms with Crippen LogP contribution in [0, 0.1) is 5.41 Å². The number of ether oxygens (including phenoxy) is 1. The van der Waals surface area contributed by atoms with Crippen molar-refractivity contribution in [3.8, 4) is 5.75 Å². The summed E-state index contributed by atoms with van der Waals surface area (Å²) in [5.74, 6) is 0.851. The molecule has 4 nitrogen and oxygen atoms in total. The van der Waals surface area contributed by atoms with Crippen molar-refractivity contribution in [3.05, 3.63) is 12.4 Å². The van der Waals surface area contributed by atoms with Crippen molar-refractivity contribution < 1.29 is 4.74 Å². The molecule has 0 amide bonds. The van der Waals surface area contributed by atoms with Gasteiger partial charge in [-0.2, -0.15) is 5.10 Å². The molecule has 1 aromatic heterocycles. The molecular weight excluding hydrogens is 214 g/mol. The Hall–Kier alpha value is -1.03. The summed E-state index contributed by atoms with van der Waals surface area (Å²) < 4.78 is 7.63. The number of nitrogens with one attached hydrogen (secondary N) is 1. The second-order valence-corrected chi connectivity index (χ2v) is 5.52. The first-order chi connectivity index (χ1) is 7.93. The molecular formula is C13H25N3O. The van der Waals surface area contributed by atoms with Crippen LogP contribution in [-0.4, -0.2) is 29.0 Å². The van der Waals surface area contributed by atoms with E-state index in [-0.39, 0.29) is 5.41 Å². The molecule has 1 rings (SSSR count). The van der Waals surface area contributed by atoms with Gasteiger partial charge in [-0.15, -0.1) is 0 Å². The van der Waals surface area contributed by atoms with E-state index in [0.717, 1.165) is 18.8 Å². The molecule has 0 aliphatic carbocycles. The van der Waals surface area contributed by atoms with E-state index in [0.29, 0.717) is 12.6 Å². The van der Waals surface area contributed by atoms with Gasteiger partial charge in [0, 0.05) is 24.5 Å². The quantitative estimate of drug-likeness (QED) is 0.793. The third kappa shape index (κ3) is 5.22. The van der Waals surface area contributed by atoms with Gasteiger partial charge >= 0.3 is 0 Å². The molecule has 0 fully saturated rings. The van der Waals surface area contributed by atoms with Crippen LogP contribution in [0.2, 0.25) is 0 Å². The number of aryl methyl sites for hydroxylation is 1. The van der Waals surface area contributed by atoms with Crippen molar-refractivity contribution in [2.24, 2.45) is 5.41 Å². The largest absolute Gasteiger partial charge is 0.490 e. The fraction of sp³-hybridized carbons (Fsp3) is 0.769. The molecule has 0 radical (unpaired) electrons. The zero-order valence-electron chi connectivity index (χ0n) is 11.7. The highest BCUT2D eigenvalue weighted by Gasteiger charge is 2.19. The third-order valence-corrected chi connectivity index (χ3v) is 2.55. The van der Waals surface area contributed by atoms with Crippen molar-refractivity contribution in [1.29, 1.82) is 0 Å². The van der Waals surface area contributed by atoms with Gasteiger partial charge in [0.2, 0.25) is 0 Å². The van der Waals surface area contributed by atoms with Crippen LogP contribution in [0.3, 0.4) is 0 Å². The topological polar surface area (TPSA) is 39.1 Å². The van der Waals surface area contributed by atoms with Crippen molar-refractivity contribution in [2.45, 2.75) is 47.2 Å².